The Balaban J connectivity index is 1.64. The van der Waals surface area contributed by atoms with E-state index in [1.54, 1.807) is 36.1 Å². The number of rotatable bonds is 3. The van der Waals surface area contributed by atoms with Crippen LogP contribution in [0.15, 0.2) is 48.1 Å². The van der Waals surface area contributed by atoms with E-state index in [4.69, 9.17) is 0 Å². The van der Waals surface area contributed by atoms with Crippen LogP contribution in [-0.4, -0.2) is 26.3 Å². The molecule has 1 aliphatic rings. The number of nitrogens with zero attached hydrogens (tertiary/aromatic N) is 5. The van der Waals surface area contributed by atoms with Crippen molar-refractivity contribution in [1.29, 1.82) is 0 Å². The van der Waals surface area contributed by atoms with Gasteiger partial charge in [-0.15, -0.1) is 11.3 Å². The molecule has 0 saturated heterocycles. The van der Waals surface area contributed by atoms with Gasteiger partial charge in [-0.25, -0.2) is 14.6 Å². The van der Waals surface area contributed by atoms with Gasteiger partial charge in [0.2, 0.25) is 0 Å². The maximum atomic E-state index is 13.9. The third-order valence-electron chi connectivity index (χ3n) is 5.68. The molecule has 0 bridgehead atoms. The molecule has 1 aromatic carbocycles. The molecule has 0 saturated carbocycles. The second-order valence-electron chi connectivity index (χ2n) is 8.05. The molecule has 182 valence electrons. The van der Waals surface area contributed by atoms with Crippen LogP contribution in [0.1, 0.15) is 28.8 Å². The molecule has 0 N–H and O–H groups in total. The van der Waals surface area contributed by atoms with Gasteiger partial charge in [-0.05, 0) is 50.1 Å². The molecule has 0 spiro atoms. The van der Waals surface area contributed by atoms with Crippen molar-refractivity contribution in [3.05, 3.63) is 70.5 Å². The highest BCUT2D eigenvalue weighted by molar-refractivity contribution is 7.13. The average Bonchev–Trinajstić information content (AvgIpc) is 3.48. The van der Waals surface area contributed by atoms with Crippen LogP contribution in [0.2, 0.25) is 0 Å². The Kier molecular flexibility index (Phi) is 5.58. The lowest BCUT2D eigenvalue weighted by Gasteiger charge is -2.33. The van der Waals surface area contributed by atoms with Gasteiger partial charge in [-0.2, -0.15) is 31.4 Å². The van der Waals surface area contributed by atoms with Gasteiger partial charge >= 0.3 is 12.4 Å². The van der Waals surface area contributed by atoms with Crippen LogP contribution in [0, 0.1) is 6.92 Å². The summed E-state index contributed by atoms with van der Waals surface area (Å²) in [5.41, 5.74) is -0.552. The van der Waals surface area contributed by atoms with Gasteiger partial charge in [-0.1, -0.05) is 0 Å². The summed E-state index contributed by atoms with van der Waals surface area (Å²) in [7, 11) is 0. The van der Waals surface area contributed by atoms with E-state index >= 15 is 0 Å². The van der Waals surface area contributed by atoms with E-state index in [1.165, 1.54) is 16.2 Å². The molecule has 4 aromatic rings. The van der Waals surface area contributed by atoms with Gasteiger partial charge in [0.1, 0.15) is 16.5 Å². The van der Waals surface area contributed by atoms with Gasteiger partial charge in [0, 0.05) is 35.6 Å². The van der Waals surface area contributed by atoms with Crippen LogP contribution in [0.3, 0.4) is 0 Å². The molecule has 12 heteroatoms. The number of hydrogen-bond acceptors (Lipinski definition) is 5. The minimum atomic E-state index is -4.98. The molecule has 1 aliphatic heterocycles. The van der Waals surface area contributed by atoms with Gasteiger partial charge < -0.3 is 4.90 Å². The molecular formula is C23H17F6N5S. The third-order valence-corrected chi connectivity index (χ3v) is 6.47. The first-order valence-corrected chi connectivity index (χ1v) is 11.4. The smallest absolute Gasteiger partial charge is 0.325 e. The van der Waals surface area contributed by atoms with Gasteiger partial charge in [0.25, 0.3) is 0 Å². The summed E-state index contributed by atoms with van der Waals surface area (Å²) < 4.78 is 82.7. The van der Waals surface area contributed by atoms with E-state index in [0.29, 0.717) is 41.5 Å². The summed E-state index contributed by atoms with van der Waals surface area (Å²) in [5.74, 6) is 0.280. The summed E-state index contributed by atoms with van der Waals surface area (Å²) in [4.78, 5) is 10.1. The van der Waals surface area contributed by atoms with Crippen molar-refractivity contribution in [2.24, 2.45) is 0 Å². The summed E-state index contributed by atoms with van der Waals surface area (Å²) in [6.45, 7) is 1.89. The highest BCUT2D eigenvalue weighted by atomic mass is 32.1. The van der Waals surface area contributed by atoms with Crippen LogP contribution in [0.25, 0.3) is 16.4 Å². The van der Waals surface area contributed by atoms with Crippen molar-refractivity contribution < 1.29 is 26.3 Å². The van der Waals surface area contributed by atoms with Crippen molar-refractivity contribution in [1.82, 2.24) is 19.7 Å². The molecule has 0 aliphatic carbocycles. The lowest BCUT2D eigenvalue weighted by molar-refractivity contribution is -0.142. The number of aryl methyl sites for hydroxylation is 1. The fourth-order valence-corrected chi connectivity index (χ4v) is 4.79. The van der Waals surface area contributed by atoms with Crippen molar-refractivity contribution in [3.8, 4) is 16.4 Å². The summed E-state index contributed by atoms with van der Waals surface area (Å²) in [6, 6.07) is 5.29. The lowest BCUT2D eigenvalue weighted by Crippen LogP contribution is -2.29. The molecule has 5 nitrogen and oxygen atoms in total. The van der Waals surface area contributed by atoms with Crippen LogP contribution in [0.5, 0.6) is 0 Å². The van der Waals surface area contributed by atoms with Crippen LogP contribution in [-0.2, 0) is 18.8 Å². The zero-order valence-corrected chi connectivity index (χ0v) is 19.0. The van der Waals surface area contributed by atoms with Crippen LogP contribution < -0.4 is 4.90 Å². The third kappa shape index (κ3) is 4.38. The quantitative estimate of drug-likeness (QED) is 0.284. The van der Waals surface area contributed by atoms with Crippen molar-refractivity contribution >= 4 is 22.8 Å². The monoisotopic (exact) mass is 509 g/mol. The second-order valence-corrected chi connectivity index (χ2v) is 8.94. The number of anilines is 2. The molecule has 0 atom stereocenters. The topological polar surface area (TPSA) is 46.8 Å². The Morgan fingerprint density at radius 3 is 2.46 bits per heavy atom. The van der Waals surface area contributed by atoms with E-state index in [0.717, 1.165) is 11.1 Å². The van der Waals surface area contributed by atoms with Crippen molar-refractivity contribution in [2.75, 3.05) is 11.4 Å². The van der Waals surface area contributed by atoms with Crippen molar-refractivity contribution in [3.63, 3.8) is 0 Å². The first kappa shape index (κ1) is 23.3. The molecule has 4 heterocycles. The summed E-state index contributed by atoms with van der Waals surface area (Å²) in [6.07, 6.45) is -5.45. The maximum absolute atomic E-state index is 13.9. The SMILES string of the molecule is Cc1cc(-n2ccc(-c3nccs3)n2)c2c(n1)N(c1ccc(C(F)(F)F)cc1C(F)(F)F)CCC2. The molecule has 5 rings (SSSR count). The molecule has 0 radical (unpaired) electrons. The standard InChI is InChI=1S/C23H17F6N5S/c1-13-11-19(34-9-6-17(32-34)21-30-7-10-35-21)15-3-2-8-33(20(15)31-13)18-5-4-14(22(24,25)26)12-16(18)23(27,28)29/h4-7,9-12H,2-3,8H2,1H3. The van der Waals surface area contributed by atoms with E-state index in [-0.39, 0.29) is 24.1 Å². The Labute approximate surface area is 199 Å². The van der Waals surface area contributed by atoms with Gasteiger partial charge in [0.15, 0.2) is 0 Å². The molecular weight excluding hydrogens is 492 g/mol. The second kappa shape index (κ2) is 8.36. The van der Waals surface area contributed by atoms with Gasteiger partial charge in [-0.3, -0.25) is 0 Å². The minimum absolute atomic E-state index is 0.161. The Morgan fingerprint density at radius 1 is 0.971 bits per heavy atom. The van der Waals surface area contributed by atoms with Crippen LogP contribution >= 0.6 is 11.3 Å². The maximum Gasteiger partial charge on any atom is 0.418 e. The first-order valence-electron chi connectivity index (χ1n) is 10.5. The predicted molar refractivity (Wildman–Crippen MR) is 119 cm³/mol. The molecule has 0 unspecified atom stereocenters. The molecule has 3 aromatic heterocycles. The normalized spacial score (nSPS) is 14.3. The van der Waals surface area contributed by atoms with Crippen LogP contribution in [0.4, 0.5) is 37.8 Å². The fraction of sp³-hybridized carbons (Fsp3) is 0.261. The number of aromatic nitrogens is 4. The van der Waals surface area contributed by atoms with E-state index < -0.39 is 23.5 Å². The largest absolute Gasteiger partial charge is 0.418 e. The number of pyridine rings is 1. The molecule has 35 heavy (non-hydrogen) atoms. The average molecular weight is 509 g/mol. The predicted octanol–water partition coefficient (Wildman–Crippen LogP) is 6.82. The van der Waals surface area contributed by atoms with E-state index in [1.807, 2.05) is 5.38 Å². The Bertz CT molecular complexity index is 1370. The minimum Gasteiger partial charge on any atom is -0.325 e. The highest BCUT2D eigenvalue weighted by Gasteiger charge is 2.40. The summed E-state index contributed by atoms with van der Waals surface area (Å²) in [5, 5.41) is 7.13. The summed E-state index contributed by atoms with van der Waals surface area (Å²) >= 11 is 1.43. The number of alkyl halides is 6. The van der Waals surface area contributed by atoms with E-state index in [9.17, 15) is 26.3 Å². The molecule has 0 amide bonds. The number of thiazole rings is 1. The molecule has 0 fully saturated rings. The fourth-order valence-electron chi connectivity index (χ4n) is 4.19. The Morgan fingerprint density at radius 2 is 1.77 bits per heavy atom. The number of hydrogen-bond donors (Lipinski definition) is 0. The number of fused-ring (bicyclic) bond motifs is 1. The number of halogens is 6. The first-order chi connectivity index (χ1) is 16.5. The highest BCUT2D eigenvalue weighted by Crippen LogP contribution is 2.44. The van der Waals surface area contributed by atoms with Crippen molar-refractivity contribution in [2.45, 2.75) is 32.1 Å². The lowest BCUT2D eigenvalue weighted by atomic mass is 10.00. The zero-order valence-electron chi connectivity index (χ0n) is 18.2. The van der Waals surface area contributed by atoms with Gasteiger partial charge in [0.05, 0.1) is 22.5 Å². The Hall–Kier alpha value is -3.41. The number of benzene rings is 1. The zero-order chi connectivity index (χ0) is 25.0. The van der Waals surface area contributed by atoms with E-state index in [2.05, 4.69) is 15.1 Å².